The molecule has 0 spiro atoms. The van der Waals surface area contributed by atoms with E-state index in [-0.39, 0.29) is 24.0 Å². The Hall–Kier alpha value is -4.59. The number of nitrogens with one attached hydrogen (secondary N) is 1. The highest BCUT2D eigenvalue weighted by Gasteiger charge is 2.31. The summed E-state index contributed by atoms with van der Waals surface area (Å²) in [5.41, 5.74) is 1.92. The monoisotopic (exact) mass is 597 g/mol. The van der Waals surface area contributed by atoms with Crippen LogP contribution in [0.1, 0.15) is 36.3 Å². The zero-order valence-electron chi connectivity index (χ0n) is 22.4. The number of rotatable bonds is 8. The third kappa shape index (κ3) is 7.37. The summed E-state index contributed by atoms with van der Waals surface area (Å²) in [6.45, 7) is 3.01. The Morgan fingerprint density at radius 3 is 2.57 bits per heavy atom. The largest absolute Gasteiger partial charge is 0.573 e. The molecule has 1 aromatic carbocycles. The third-order valence-corrected chi connectivity index (χ3v) is 7.63. The molecule has 0 aliphatic carbocycles. The smallest absolute Gasteiger partial charge is 0.406 e. The van der Waals surface area contributed by atoms with Crippen molar-refractivity contribution in [2.24, 2.45) is 0 Å². The van der Waals surface area contributed by atoms with Gasteiger partial charge in [-0.3, -0.25) is 19.5 Å². The molecule has 4 aromatic rings. The number of alkyl halides is 3. The Labute approximate surface area is 243 Å². The van der Waals surface area contributed by atoms with Gasteiger partial charge in [0.25, 0.3) is 0 Å². The molecule has 42 heavy (non-hydrogen) atoms. The minimum absolute atomic E-state index is 0.133. The number of carbonyl (C=O) groups is 2. The number of anilines is 4. The number of ether oxygens (including phenoxy) is 1. The minimum atomic E-state index is -4.80. The molecule has 2 amide bonds. The van der Waals surface area contributed by atoms with Crippen molar-refractivity contribution in [1.29, 1.82) is 0 Å². The van der Waals surface area contributed by atoms with Crippen molar-refractivity contribution in [1.82, 2.24) is 20.2 Å². The van der Waals surface area contributed by atoms with E-state index >= 15 is 0 Å². The van der Waals surface area contributed by atoms with Crippen molar-refractivity contribution in [3.05, 3.63) is 77.7 Å². The van der Waals surface area contributed by atoms with Gasteiger partial charge >= 0.3 is 6.36 Å². The van der Waals surface area contributed by atoms with Crippen LogP contribution in [0.15, 0.2) is 67.1 Å². The first kappa shape index (κ1) is 28.9. The zero-order chi connectivity index (χ0) is 29.7. The van der Waals surface area contributed by atoms with Crippen molar-refractivity contribution in [2.45, 2.75) is 38.5 Å². The number of carbonyl (C=O) groups excluding carboxylic acids is 2. The fraction of sp³-hybridized carbons (Fsp3) is 0.286. The average molecular weight is 598 g/mol. The van der Waals surface area contributed by atoms with Crippen molar-refractivity contribution < 1.29 is 27.5 Å². The van der Waals surface area contributed by atoms with Crippen LogP contribution in [0.5, 0.6) is 5.75 Å². The molecule has 0 radical (unpaired) electrons. The van der Waals surface area contributed by atoms with E-state index in [1.165, 1.54) is 41.4 Å². The Balaban J connectivity index is 1.14. The lowest BCUT2D eigenvalue weighted by Gasteiger charge is -2.32. The second-order valence-corrected chi connectivity index (χ2v) is 10.6. The van der Waals surface area contributed by atoms with E-state index in [0.29, 0.717) is 22.2 Å². The summed E-state index contributed by atoms with van der Waals surface area (Å²) < 4.78 is 41.3. The van der Waals surface area contributed by atoms with Gasteiger partial charge in [0.1, 0.15) is 16.6 Å². The first-order valence-electron chi connectivity index (χ1n) is 13.0. The van der Waals surface area contributed by atoms with Gasteiger partial charge in [-0.15, -0.1) is 23.4 Å². The number of halogens is 3. The van der Waals surface area contributed by atoms with Crippen molar-refractivity contribution in [3.63, 3.8) is 0 Å². The Kier molecular flexibility index (Phi) is 8.61. The first-order chi connectivity index (χ1) is 20.1. The number of nitrogens with zero attached hydrogens (tertiary/aromatic N) is 6. The maximum absolute atomic E-state index is 12.5. The molecule has 0 saturated carbocycles. The SMILES string of the molecule is CC(=O)N(c1cccnc1)c1nnc(C2CCN(c3ccc(NC(=O)Cc4cccc(OC(F)(F)F)c4)nc3)CC2)s1. The number of piperidine rings is 1. The van der Waals surface area contributed by atoms with Gasteiger partial charge in [-0.25, -0.2) is 4.98 Å². The predicted molar refractivity (Wildman–Crippen MR) is 151 cm³/mol. The minimum Gasteiger partial charge on any atom is -0.406 e. The van der Waals surface area contributed by atoms with Crippen LogP contribution in [0, 0.1) is 0 Å². The van der Waals surface area contributed by atoms with Gasteiger partial charge in [-0.05, 0) is 54.8 Å². The van der Waals surface area contributed by atoms with E-state index in [4.69, 9.17) is 0 Å². The van der Waals surface area contributed by atoms with Gasteiger partial charge in [-0.2, -0.15) is 0 Å². The molecule has 0 unspecified atom stereocenters. The summed E-state index contributed by atoms with van der Waals surface area (Å²) in [6, 6.07) is 12.4. The van der Waals surface area contributed by atoms with Crippen molar-refractivity contribution >= 4 is 45.5 Å². The highest BCUT2D eigenvalue weighted by molar-refractivity contribution is 7.15. The Bertz CT molecular complexity index is 1530. The lowest BCUT2D eigenvalue weighted by atomic mass is 9.97. The molecule has 1 aliphatic rings. The number of aromatic nitrogens is 4. The molecule has 0 bridgehead atoms. The zero-order valence-corrected chi connectivity index (χ0v) is 23.2. The van der Waals surface area contributed by atoms with E-state index in [1.54, 1.807) is 42.9 Å². The number of pyridine rings is 2. The molecule has 1 fully saturated rings. The summed E-state index contributed by atoms with van der Waals surface area (Å²) in [4.78, 5) is 36.9. The molecular weight excluding hydrogens is 571 g/mol. The molecule has 5 rings (SSSR count). The standard InChI is InChI=1S/C28H26F3N7O3S/c1-18(39)38(22-5-3-11-32-16-22)27-36-35-26(42-27)20-9-12-37(13-10-20)21-7-8-24(33-17-21)34-25(40)15-19-4-2-6-23(14-19)41-28(29,30)31/h2-8,11,14,16-17,20H,9-10,12-13,15H2,1H3,(H,33,34,40). The summed E-state index contributed by atoms with van der Waals surface area (Å²) in [6.07, 6.45) is 1.68. The maximum atomic E-state index is 12.5. The lowest BCUT2D eigenvalue weighted by molar-refractivity contribution is -0.274. The van der Waals surface area contributed by atoms with E-state index < -0.39 is 12.3 Å². The summed E-state index contributed by atoms with van der Waals surface area (Å²) in [5, 5.41) is 12.7. The van der Waals surface area contributed by atoms with E-state index in [1.807, 2.05) is 6.07 Å². The van der Waals surface area contributed by atoms with Crippen molar-refractivity contribution in [2.75, 3.05) is 28.2 Å². The van der Waals surface area contributed by atoms with Gasteiger partial charge in [0.05, 0.1) is 30.2 Å². The number of amides is 2. The maximum Gasteiger partial charge on any atom is 0.573 e. The van der Waals surface area contributed by atoms with Crippen LogP contribution in [0.4, 0.5) is 35.5 Å². The van der Waals surface area contributed by atoms with Crippen LogP contribution in [0.2, 0.25) is 0 Å². The van der Waals surface area contributed by atoms with E-state index in [9.17, 15) is 22.8 Å². The second-order valence-electron chi connectivity index (χ2n) is 9.57. The first-order valence-corrected chi connectivity index (χ1v) is 13.9. The average Bonchev–Trinajstić information content (AvgIpc) is 3.43. The van der Waals surface area contributed by atoms with Gasteiger partial charge in [0.15, 0.2) is 0 Å². The second kappa shape index (κ2) is 12.5. The van der Waals surface area contributed by atoms with Crippen LogP contribution in [-0.2, 0) is 16.0 Å². The normalized spacial score (nSPS) is 14.0. The highest BCUT2D eigenvalue weighted by atomic mass is 32.1. The van der Waals surface area contributed by atoms with Crippen LogP contribution >= 0.6 is 11.3 Å². The van der Waals surface area contributed by atoms with Gasteiger partial charge in [0, 0.05) is 32.1 Å². The van der Waals surface area contributed by atoms with Crippen LogP contribution in [-0.4, -0.2) is 51.4 Å². The van der Waals surface area contributed by atoms with E-state index in [2.05, 4.69) is 35.1 Å². The number of benzene rings is 1. The topological polar surface area (TPSA) is 113 Å². The van der Waals surface area contributed by atoms with Crippen LogP contribution < -0.4 is 19.9 Å². The summed E-state index contributed by atoms with van der Waals surface area (Å²) >= 11 is 1.41. The Morgan fingerprint density at radius 1 is 1.10 bits per heavy atom. The highest BCUT2D eigenvalue weighted by Crippen LogP contribution is 2.36. The number of hydrogen-bond donors (Lipinski definition) is 1. The number of hydrogen-bond acceptors (Lipinski definition) is 9. The molecule has 14 heteroatoms. The molecule has 0 atom stereocenters. The Morgan fingerprint density at radius 2 is 1.90 bits per heavy atom. The molecule has 10 nitrogen and oxygen atoms in total. The molecule has 3 aromatic heterocycles. The van der Waals surface area contributed by atoms with Gasteiger partial charge in [0.2, 0.25) is 16.9 Å². The summed E-state index contributed by atoms with van der Waals surface area (Å²) in [5.74, 6) is -0.414. The molecule has 218 valence electrons. The predicted octanol–water partition coefficient (Wildman–Crippen LogP) is 5.48. The lowest BCUT2D eigenvalue weighted by Crippen LogP contribution is -2.32. The summed E-state index contributed by atoms with van der Waals surface area (Å²) in [7, 11) is 0. The molecule has 1 N–H and O–H groups in total. The molecular formula is C28H26F3N7O3S. The van der Waals surface area contributed by atoms with Gasteiger partial charge < -0.3 is 15.0 Å². The van der Waals surface area contributed by atoms with Crippen molar-refractivity contribution in [3.8, 4) is 5.75 Å². The van der Waals surface area contributed by atoms with Crippen LogP contribution in [0.3, 0.4) is 0 Å². The van der Waals surface area contributed by atoms with Crippen LogP contribution in [0.25, 0.3) is 0 Å². The molecule has 1 saturated heterocycles. The molecule has 4 heterocycles. The molecule has 1 aliphatic heterocycles. The quantitative estimate of drug-likeness (QED) is 0.284. The fourth-order valence-electron chi connectivity index (χ4n) is 4.65. The van der Waals surface area contributed by atoms with Gasteiger partial charge in [-0.1, -0.05) is 23.5 Å². The third-order valence-electron chi connectivity index (χ3n) is 6.56. The fourth-order valence-corrected chi connectivity index (χ4v) is 5.73. The van der Waals surface area contributed by atoms with E-state index in [0.717, 1.165) is 36.6 Å².